The number of carbonyl (C=O) groups is 5. The van der Waals surface area contributed by atoms with Gasteiger partial charge in [0.2, 0.25) is 5.60 Å². The minimum Gasteiger partial charge on any atom is -0.472 e. The number of Topliss-reactive ketones (excluding diaryl/α,β-unsaturated/α-hetero) is 1. The van der Waals surface area contributed by atoms with Crippen LogP contribution < -0.4 is 0 Å². The molecule has 4 aliphatic rings. The van der Waals surface area contributed by atoms with E-state index < -0.39 is 63.8 Å². The fourth-order valence-corrected chi connectivity index (χ4v) is 9.15. The van der Waals surface area contributed by atoms with Crippen LogP contribution in [0.1, 0.15) is 98.7 Å². The van der Waals surface area contributed by atoms with Crippen molar-refractivity contribution in [2.45, 2.75) is 105 Å². The Morgan fingerprint density at radius 3 is 2.39 bits per heavy atom. The van der Waals surface area contributed by atoms with Gasteiger partial charge in [0.15, 0.2) is 11.9 Å². The lowest BCUT2D eigenvalue weighted by Gasteiger charge is -2.66. The molecule has 1 aromatic rings. The molecule has 1 aliphatic heterocycles. The van der Waals surface area contributed by atoms with E-state index in [2.05, 4.69) is 6.92 Å². The van der Waals surface area contributed by atoms with E-state index in [0.29, 0.717) is 12.8 Å². The molecule has 5 rings (SSSR count). The summed E-state index contributed by atoms with van der Waals surface area (Å²) in [5.74, 6) is -3.50. The summed E-state index contributed by atoms with van der Waals surface area (Å²) in [4.78, 5) is 67.4. The molecule has 1 saturated heterocycles. The van der Waals surface area contributed by atoms with Crippen molar-refractivity contribution in [3.05, 3.63) is 35.3 Å². The molecule has 0 amide bonds. The van der Waals surface area contributed by atoms with Gasteiger partial charge in [0.25, 0.3) is 0 Å². The summed E-state index contributed by atoms with van der Waals surface area (Å²) in [6.45, 7) is 12.6. The van der Waals surface area contributed by atoms with Crippen molar-refractivity contribution in [1.82, 2.24) is 0 Å². The van der Waals surface area contributed by atoms with Gasteiger partial charge >= 0.3 is 23.9 Å². The molecule has 2 saturated carbocycles. The van der Waals surface area contributed by atoms with E-state index in [0.717, 1.165) is 16.7 Å². The zero-order chi connectivity index (χ0) is 32.4. The molecular weight excluding hydrogens is 568 g/mol. The highest BCUT2D eigenvalue weighted by atomic mass is 16.6. The van der Waals surface area contributed by atoms with Gasteiger partial charge in [-0.15, -0.1) is 0 Å². The Kier molecular flexibility index (Phi) is 7.90. The molecule has 0 spiro atoms. The summed E-state index contributed by atoms with van der Waals surface area (Å²) in [5.41, 5.74) is -2.25. The molecule has 10 nitrogen and oxygen atoms in total. The fourth-order valence-electron chi connectivity index (χ4n) is 9.15. The first-order valence-electron chi connectivity index (χ1n) is 15.5. The highest BCUT2D eigenvalue weighted by Crippen LogP contribution is 2.69. The number of hydrogen-bond acceptors (Lipinski definition) is 10. The molecule has 240 valence electrons. The molecule has 2 bridgehead atoms. The Hall–Kier alpha value is -3.43. The minimum absolute atomic E-state index is 0.0142. The first-order valence-corrected chi connectivity index (χ1v) is 15.5. The maximum absolute atomic E-state index is 15.1. The van der Waals surface area contributed by atoms with Crippen LogP contribution in [0.4, 0.5) is 0 Å². The van der Waals surface area contributed by atoms with Gasteiger partial charge in [-0.05, 0) is 42.2 Å². The lowest BCUT2D eigenvalue weighted by Crippen LogP contribution is -2.76. The van der Waals surface area contributed by atoms with Gasteiger partial charge in [-0.2, -0.15) is 0 Å². The minimum atomic E-state index is -1.86. The Bertz CT molecular complexity index is 1400. The third-order valence-corrected chi connectivity index (χ3v) is 11.0. The second kappa shape index (κ2) is 10.9. The van der Waals surface area contributed by atoms with E-state index in [1.54, 1.807) is 12.3 Å². The van der Waals surface area contributed by atoms with Crippen molar-refractivity contribution < 1.29 is 47.3 Å². The van der Waals surface area contributed by atoms with Crippen LogP contribution >= 0.6 is 0 Å². The molecule has 10 heteroatoms. The van der Waals surface area contributed by atoms with Crippen LogP contribution in [-0.2, 0) is 42.9 Å². The van der Waals surface area contributed by atoms with Gasteiger partial charge in [0.05, 0.1) is 26.1 Å². The highest BCUT2D eigenvalue weighted by molar-refractivity contribution is 5.99. The summed E-state index contributed by atoms with van der Waals surface area (Å²) >= 11 is 0. The number of carbonyl (C=O) groups excluding carboxylic acids is 5. The lowest BCUT2D eigenvalue weighted by molar-refractivity contribution is -0.244. The van der Waals surface area contributed by atoms with Crippen LogP contribution in [0, 0.1) is 34.0 Å². The first-order chi connectivity index (χ1) is 20.5. The molecule has 1 aromatic heterocycles. The summed E-state index contributed by atoms with van der Waals surface area (Å²) in [7, 11) is 1.30. The molecule has 2 heterocycles. The number of fused-ring (bicyclic) bond motifs is 5. The molecule has 0 N–H and O–H groups in total. The Morgan fingerprint density at radius 1 is 1.09 bits per heavy atom. The highest BCUT2D eigenvalue weighted by Gasteiger charge is 2.76. The number of furan rings is 1. The number of cyclic esters (lactones) is 1. The van der Waals surface area contributed by atoms with Crippen molar-refractivity contribution >= 4 is 29.7 Å². The number of methoxy groups -OCH3 is 1. The largest absolute Gasteiger partial charge is 0.472 e. The quantitative estimate of drug-likeness (QED) is 0.223. The number of ketones is 1. The van der Waals surface area contributed by atoms with E-state index in [4.69, 9.17) is 23.4 Å². The maximum atomic E-state index is 15.1. The molecule has 0 aromatic carbocycles. The first kappa shape index (κ1) is 32.0. The van der Waals surface area contributed by atoms with E-state index >= 15 is 4.79 Å². The normalized spacial score (nSPS) is 35.8. The number of ether oxygens (including phenoxy) is 4. The topological polar surface area (TPSA) is 135 Å². The van der Waals surface area contributed by atoms with E-state index in [-0.39, 0.29) is 43.3 Å². The fraction of sp³-hybridized carbons (Fsp3) is 0.676. The third-order valence-electron chi connectivity index (χ3n) is 11.0. The van der Waals surface area contributed by atoms with Gasteiger partial charge in [-0.1, -0.05) is 47.1 Å². The molecule has 44 heavy (non-hydrogen) atoms. The van der Waals surface area contributed by atoms with Gasteiger partial charge in [-0.3, -0.25) is 24.0 Å². The SMILES string of the molecule is COC(=O)C[C@H]1C(C)(C)[C@@H](OC(C)=O)[C@]2(OC(=O)CC(C)C)CC3=C4CC(=O)O[C@@H](c5ccoc5)[C@]4(C)CC[C@@H]3[C@@]1(C)C2=O. The zero-order valence-electron chi connectivity index (χ0n) is 26.9. The second-order valence-electron chi connectivity index (χ2n) is 14.5. The van der Waals surface area contributed by atoms with E-state index in [1.165, 1.54) is 20.3 Å². The van der Waals surface area contributed by atoms with Crippen molar-refractivity contribution in [2.24, 2.45) is 34.0 Å². The monoisotopic (exact) mass is 612 g/mol. The summed E-state index contributed by atoms with van der Waals surface area (Å²) in [6.07, 6.45) is 2.46. The van der Waals surface area contributed by atoms with Crippen molar-refractivity contribution in [2.75, 3.05) is 7.11 Å². The Labute approximate surface area is 258 Å². The van der Waals surface area contributed by atoms with Crippen LogP contribution in [0.3, 0.4) is 0 Å². The van der Waals surface area contributed by atoms with Crippen molar-refractivity contribution in [3.8, 4) is 0 Å². The van der Waals surface area contributed by atoms with Gasteiger partial charge < -0.3 is 23.4 Å². The molecule has 3 aliphatic carbocycles. The van der Waals surface area contributed by atoms with Gasteiger partial charge in [-0.25, -0.2) is 0 Å². The average Bonchev–Trinajstić information content (AvgIpc) is 3.46. The van der Waals surface area contributed by atoms with E-state index in [1.807, 2.05) is 34.6 Å². The van der Waals surface area contributed by atoms with Crippen LogP contribution in [0.5, 0.6) is 0 Å². The molecule has 7 atom stereocenters. The molecule has 3 fully saturated rings. The Morgan fingerprint density at radius 2 is 1.80 bits per heavy atom. The summed E-state index contributed by atoms with van der Waals surface area (Å²) in [6, 6.07) is 1.78. The number of rotatable bonds is 7. The van der Waals surface area contributed by atoms with Crippen LogP contribution in [0.15, 0.2) is 34.2 Å². The predicted octanol–water partition coefficient (Wildman–Crippen LogP) is 5.44. The van der Waals surface area contributed by atoms with Crippen LogP contribution in [0.2, 0.25) is 0 Å². The average molecular weight is 613 g/mol. The van der Waals surface area contributed by atoms with Gasteiger partial charge in [0.1, 0.15) is 6.10 Å². The van der Waals surface area contributed by atoms with E-state index in [9.17, 15) is 19.2 Å². The van der Waals surface area contributed by atoms with Crippen LogP contribution in [-0.4, -0.2) is 48.5 Å². The second-order valence-corrected chi connectivity index (χ2v) is 14.5. The van der Waals surface area contributed by atoms with Gasteiger partial charge in [0, 0.05) is 48.0 Å². The van der Waals surface area contributed by atoms with Crippen LogP contribution in [0.25, 0.3) is 0 Å². The van der Waals surface area contributed by atoms with Crippen molar-refractivity contribution in [3.63, 3.8) is 0 Å². The number of hydrogen-bond donors (Lipinski definition) is 0. The summed E-state index contributed by atoms with van der Waals surface area (Å²) < 4.78 is 28.7. The maximum Gasteiger partial charge on any atom is 0.310 e. The summed E-state index contributed by atoms with van der Waals surface area (Å²) in [5, 5.41) is 0. The standard InChI is InChI=1S/C34H44O10/c1-18(2)13-27(38)44-34-16-21-22(9-11-32(6)23(21)14-26(37)43-28(32)20-10-12-41-17-20)33(7,29(34)39)24(15-25(36)40-8)31(4,5)30(34)42-19(3)35/h10,12,17-18,22,24,28,30H,9,11,13-16H2,1-8H3/t22-,24-,28-,30+,32+,33+,34-/m0/s1. The number of esters is 4. The van der Waals surface area contributed by atoms with Crippen molar-refractivity contribution in [1.29, 1.82) is 0 Å². The predicted molar refractivity (Wildman–Crippen MR) is 155 cm³/mol. The molecule has 0 radical (unpaired) electrons. The lowest BCUT2D eigenvalue weighted by atomic mass is 9.39. The smallest absolute Gasteiger partial charge is 0.310 e. The molecule has 0 unspecified atom stereocenters. The third kappa shape index (κ3) is 4.70. The molecular formula is C34H44O10. The Balaban J connectivity index is 1.79. The zero-order valence-corrected chi connectivity index (χ0v) is 26.9.